The number of aromatic nitrogens is 1. The van der Waals surface area contributed by atoms with Gasteiger partial charge >= 0.3 is 0 Å². The van der Waals surface area contributed by atoms with E-state index in [1.54, 1.807) is 11.3 Å². The maximum atomic E-state index is 12.7. The molecular weight excluding hydrogens is 304 g/mol. The van der Waals surface area contributed by atoms with Crippen molar-refractivity contribution < 1.29 is 4.79 Å². The molecule has 3 aromatic rings. The Balaban J connectivity index is 1.87. The quantitative estimate of drug-likeness (QED) is 0.674. The monoisotopic (exact) mass is 324 g/mol. The third-order valence-corrected chi connectivity index (χ3v) is 4.86. The van der Waals surface area contributed by atoms with Crippen molar-refractivity contribution in [3.8, 4) is 0 Å². The molecule has 1 amide bonds. The molecule has 0 spiro atoms. The van der Waals surface area contributed by atoms with E-state index in [1.165, 1.54) is 0 Å². The Hall–Kier alpha value is -2.33. The number of amides is 1. The Morgan fingerprint density at radius 1 is 1.30 bits per heavy atom. The highest BCUT2D eigenvalue weighted by atomic mass is 32.1. The Kier molecular flexibility index (Phi) is 4.63. The molecule has 118 valence electrons. The van der Waals surface area contributed by atoms with Crippen molar-refractivity contribution in [3.05, 3.63) is 71.3 Å². The van der Waals surface area contributed by atoms with Crippen LogP contribution in [0.25, 0.3) is 10.2 Å². The number of carbonyl (C=O) groups excluding carboxylic acids is 1. The lowest BCUT2D eigenvalue weighted by Crippen LogP contribution is -2.28. The van der Waals surface area contributed by atoms with Crippen LogP contribution in [0.2, 0.25) is 0 Å². The SMILES string of the molecule is C/C=C\Cn1c(C(=O)N[C@@H](C)c2ccccc2)cc2ccsc21. The summed E-state index contributed by atoms with van der Waals surface area (Å²) in [4.78, 5) is 13.9. The first-order chi connectivity index (χ1) is 11.2. The van der Waals surface area contributed by atoms with Crippen LogP contribution in [0.5, 0.6) is 0 Å². The minimum Gasteiger partial charge on any atom is -0.344 e. The molecule has 23 heavy (non-hydrogen) atoms. The number of hydrogen-bond donors (Lipinski definition) is 1. The normalized spacial score (nSPS) is 12.8. The molecule has 0 aliphatic carbocycles. The summed E-state index contributed by atoms with van der Waals surface area (Å²) in [5.41, 5.74) is 1.82. The van der Waals surface area contributed by atoms with Gasteiger partial charge in [-0.15, -0.1) is 11.3 Å². The number of allylic oxidation sites excluding steroid dienone is 2. The smallest absolute Gasteiger partial charge is 0.268 e. The van der Waals surface area contributed by atoms with E-state index in [0.717, 1.165) is 15.8 Å². The first-order valence-electron chi connectivity index (χ1n) is 7.74. The Labute approximate surface area is 140 Å². The lowest BCUT2D eigenvalue weighted by atomic mass is 10.1. The van der Waals surface area contributed by atoms with E-state index in [0.29, 0.717) is 12.2 Å². The summed E-state index contributed by atoms with van der Waals surface area (Å²) in [6.45, 7) is 4.71. The fraction of sp³-hybridized carbons (Fsp3) is 0.211. The predicted molar refractivity (Wildman–Crippen MR) is 97.0 cm³/mol. The van der Waals surface area contributed by atoms with Crippen molar-refractivity contribution in [2.75, 3.05) is 0 Å². The molecule has 1 atom stereocenters. The average Bonchev–Trinajstić information content (AvgIpc) is 3.15. The standard InChI is InChI=1S/C19H20N2OS/c1-3-4-11-21-17(13-16-10-12-23-19(16)21)18(22)20-14(2)15-8-6-5-7-9-15/h3-10,12-14H,11H2,1-2H3,(H,20,22)/b4-3-/t14-/m0/s1. The zero-order valence-electron chi connectivity index (χ0n) is 13.3. The van der Waals surface area contributed by atoms with Gasteiger partial charge in [0.15, 0.2) is 0 Å². The summed E-state index contributed by atoms with van der Waals surface area (Å²) in [5.74, 6) is -0.0331. The number of nitrogens with zero attached hydrogens (tertiary/aromatic N) is 1. The zero-order valence-corrected chi connectivity index (χ0v) is 14.1. The first kappa shape index (κ1) is 15.6. The number of carbonyl (C=O) groups is 1. The summed E-state index contributed by atoms with van der Waals surface area (Å²) in [6, 6.07) is 14.0. The molecule has 0 fully saturated rings. The average molecular weight is 324 g/mol. The van der Waals surface area contributed by atoms with Gasteiger partial charge in [0.1, 0.15) is 10.5 Å². The molecule has 2 aromatic heterocycles. The number of benzene rings is 1. The van der Waals surface area contributed by atoms with Gasteiger partial charge in [-0.2, -0.15) is 0 Å². The van der Waals surface area contributed by atoms with Crippen LogP contribution < -0.4 is 5.32 Å². The van der Waals surface area contributed by atoms with E-state index in [4.69, 9.17) is 0 Å². The molecular formula is C19H20N2OS. The van der Waals surface area contributed by atoms with Crippen molar-refractivity contribution in [3.63, 3.8) is 0 Å². The lowest BCUT2D eigenvalue weighted by Gasteiger charge is -2.15. The molecule has 1 aromatic carbocycles. The van der Waals surface area contributed by atoms with Crippen LogP contribution in [0.1, 0.15) is 35.9 Å². The second-order valence-corrected chi connectivity index (χ2v) is 6.39. The highest BCUT2D eigenvalue weighted by Gasteiger charge is 2.18. The first-order valence-corrected chi connectivity index (χ1v) is 8.62. The van der Waals surface area contributed by atoms with Gasteiger partial charge in [0, 0.05) is 11.9 Å². The minimum absolute atomic E-state index is 0.0215. The Morgan fingerprint density at radius 3 is 2.83 bits per heavy atom. The van der Waals surface area contributed by atoms with Crippen LogP contribution in [0, 0.1) is 0 Å². The summed E-state index contributed by atoms with van der Waals surface area (Å²) < 4.78 is 2.08. The highest BCUT2D eigenvalue weighted by molar-refractivity contribution is 7.16. The number of hydrogen-bond acceptors (Lipinski definition) is 2. The van der Waals surface area contributed by atoms with Gasteiger partial charge < -0.3 is 9.88 Å². The maximum absolute atomic E-state index is 12.7. The second kappa shape index (κ2) is 6.84. The summed E-state index contributed by atoms with van der Waals surface area (Å²) >= 11 is 1.67. The topological polar surface area (TPSA) is 34.0 Å². The van der Waals surface area contributed by atoms with Crippen LogP contribution >= 0.6 is 11.3 Å². The van der Waals surface area contributed by atoms with E-state index in [-0.39, 0.29) is 11.9 Å². The summed E-state index contributed by atoms with van der Waals surface area (Å²) in [7, 11) is 0. The molecule has 0 aliphatic rings. The fourth-order valence-electron chi connectivity index (χ4n) is 2.65. The summed E-state index contributed by atoms with van der Waals surface area (Å²) in [5, 5.41) is 6.28. The predicted octanol–water partition coefficient (Wildman–Crippen LogP) is 4.77. The van der Waals surface area contributed by atoms with E-state index in [2.05, 4.69) is 27.4 Å². The van der Waals surface area contributed by atoms with Crippen LogP contribution in [0.3, 0.4) is 0 Å². The van der Waals surface area contributed by atoms with Gasteiger partial charge in [0.25, 0.3) is 5.91 Å². The van der Waals surface area contributed by atoms with E-state index in [1.807, 2.05) is 56.3 Å². The molecule has 0 radical (unpaired) electrons. The van der Waals surface area contributed by atoms with Crippen molar-refractivity contribution in [1.29, 1.82) is 0 Å². The van der Waals surface area contributed by atoms with E-state index >= 15 is 0 Å². The van der Waals surface area contributed by atoms with E-state index in [9.17, 15) is 4.79 Å². The Morgan fingerprint density at radius 2 is 2.09 bits per heavy atom. The third-order valence-electron chi connectivity index (χ3n) is 3.91. The number of rotatable bonds is 5. The molecule has 2 heterocycles. The van der Waals surface area contributed by atoms with E-state index < -0.39 is 0 Å². The van der Waals surface area contributed by atoms with Gasteiger partial charge in [-0.3, -0.25) is 4.79 Å². The zero-order chi connectivity index (χ0) is 16.2. The van der Waals surface area contributed by atoms with Gasteiger partial charge in [-0.05, 0) is 36.9 Å². The van der Waals surface area contributed by atoms with Crippen LogP contribution in [0.4, 0.5) is 0 Å². The van der Waals surface area contributed by atoms with Crippen molar-refractivity contribution in [2.45, 2.75) is 26.4 Å². The van der Waals surface area contributed by atoms with Crippen molar-refractivity contribution in [2.24, 2.45) is 0 Å². The summed E-state index contributed by atoms with van der Waals surface area (Å²) in [6.07, 6.45) is 4.07. The molecule has 0 aliphatic heterocycles. The molecule has 4 heteroatoms. The van der Waals surface area contributed by atoms with Crippen LogP contribution in [-0.4, -0.2) is 10.5 Å². The maximum Gasteiger partial charge on any atom is 0.268 e. The van der Waals surface area contributed by atoms with Gasteiger partial charge in [-0.1, -0.05) is 42.5 Å². The largest absolute Gasteiger partial charge is 0.344 e. The molecule has 3 rings (SSSR count). The number of thiophene rings is 1. The van der Waals surface area contributed by atoms with Gasteiger partial charge in [0.05, 0.1) is 6.04 Å². The second-order valence-electron chi connectivity index (χ2n) is 5.50. The van der Waals surface area contributed by atoms with Crippen LogP contribution in [0.15, 0.2) is 60.0 Å². The molecule has 0 saturated heterocycles. The minimum atomic E-state index is -0.0331. The highest BCUT2D eigenvalue weighted by Crippen LogP contribution is 2.26. The third kappa shape index (κ3) is 3.22. The van der Waals surface area contributed by atoms with Crippen LogP contribution in [-0.2, 0) is 6.54 Å². The molecule has 0 unspecified atom stereocenters. The van der Waals surface area contributed by atoms with Gasteiger partial charge in [0.2, 0.25) is 0 Å². The Bertz CT molecular complexity index is 830. The van der Waals surface area contributed by atoms with Crippen molar-refractivity contribution >= 4 is 27.5 Å². The number of nitrogens with one attached hydrogen (secondary N) is 1. The lowest BCUT2D eigenvalue weighted by molar-refractivity contribution is 0.0931. The molecule has 0 saturated carbocycles. The molecule has 3 nitrogen and oxygen atoms in total. The van der Waals surface area contributed by atoms with Crippen molar-refractivity contribution in [1.82, 2.24) is 9.88 Å². The molecule has 1 N–H and O–H groups in total. The molecule has 0 bridgehead atoms. The number of fused-ring (bicyclic) bond motifs is 1. The van der Waals surface area contributed by atoms with Gasteiger partial charge in [-0.25, -0.2) is 0 Å². The fourth-order valence-corrected chi connectivity index (χ4v) is 3.56.